The van der Waals surface area contributed by atoms with Crippen molar-refractivity contribution in [3.63, 3.8) is 0 Å². The van der Waals surface area contributed by atoms with E-state index in [4.69, 9.17) is 0 Å². The second-order valence-corrected chi connectivity index (χ2v) is 7.44. The quantitative estimate of drug-likeness (QED) is 0.820. The molecule has 4 nitrogen and oxygen atoms in total. The third-order valence-electron chi connectivity index (χ3n) is 5.86. The Kier molecular flexibility index (Phi) is 5.82. The summed E-state index contributed by atoms with van der Waals surface area (Å²) in [5.74, 6) is 0.160. The van der Waals surface area contributed by atoms with Crippen LogP contribution in [0.2, 0.25) is 0 Å². The summed E-state index contributed by atoms with van der Waals surface area (Å²) in [5.41, 5.74) is 4.31. The number of nitrogens with zero attached hydrogens (tertiary/aromatic N) is 3. The molecule has 1 aromatic carbocycles. The summed E-state index contributed by atoms with van der Waals surface area (Å²) in [4.78, 5) is 17.6. The molecule has 3 rings (SSSR count). The van der Waals surface area contributed by atoms with Crippen molar-refractivity contribution in [2.75, 3.05) is 26.7 Å². The van der Waals surface area contributed by atoms with Crippen LogP contribution in [0.4, 0.5) is 0 Å². The number of aryl methyl sites for hydroxylation is 1. The molecule has 26 heavy (non-hydrogen) atoms. The van der Waals surface area contributed by atoms with Gasteiger partial charge in [0.1, 0.15) is 0 Å². The maximum atomic E-state index is 13.1. The van der Waals surface area contributed by atoms with Crippen molar-refractivity contribution < 1.29 is 4.79 Å². The van der Waals surface area contributed by atoms with Gasteiger partial charge in [-0.3, -0.25) is 4.79 Å². The number of likely N-dealkylation sites (tertiary alicyclic amines) is 1. The van der Waals surface area contributed by atoms with Crippen molar-refractivity contribution >= 4 is 5.91 Å². The van der Waals surface area contributed by atoms with Crippen LogP contribution < -0.4 is 0 Å². The zero-order valence-corrected chi connectivity index (χ0v) is 16.5. The maximum Gasteiger partial charge on any atom is 0.255 e. The Morgan fingerprint density at radius 1 is 1.15 bits per heavy atom. The van der Waals surface area contributed by atoms with Gasteiger partial charge in [-0.25, -0.2) is 0 Å². The van der Waals surface area contributed by atoms with Crippen molar-refractivity contribution in [1.82, 2.24) is 14.4 Å². The van der Waals surface area contributed by atoms with E-state index in [0.717, 1.165) is 56.0 Å². The molecule has 140 valence electrons. The first-order valence-corrected chi connectivity index (χ1v) is 9.71. The van der Waals surface area contributed by atoms with Crippen LogP contribution in [0.1, 0.15) is 47.1 Å². The molecule has 0 spiro atoms. The van der Waals surface area contributed by atoms with Gasteiger partial charge in [0, 0.05) is 44.1 Å². The maximum absolute atomic E-state index is 13.1. The Hall–Kier alpha value is -2.07. The molecule has 2 heterocycles. The molecule has 0 saturated carbocycles. The second kappa shape index (κ2) is 8.09. The van der Waals surface area contributed by atoms with Gasteiger partial charge in [-0.15, -0.1) is 0 Å². The predicted molar refractivity (Wildman–Crippen MR) is 107 cm³/mol. The number of amides is 1. The molecule has 0 unspecified atom stereocenters. The van der Waals surface area contributed by atoms with Gasteiger partial charge < -0.3 is 14.4 Å². The van der Waals surface area contributed by atoms with E-state index >= 15 is 0 Å². The van der Waals surface area contributed by atoms with Crippen molar-refractivity contribution in [2.24, 2.45) is 0 Å². The first-order valence-electron chi connectivity index (χ1n) is 9.71. The van der Waals surface area contributed by atoms with Gasteiger partial charge >= 0.3 is 0 Å². The Labute approximate surface area is 157 Å². The summed E-state index contributed by atoms with van der Waals surface area (Å²) in [5, 5.41) is 0. The third kappa shape index (κ3) is 3.85. The predicted octanol–water partition coefficient (Wildman–Crippen LogP) is 3.71. The SMILES string of the molecule is CCN1CCC(N(C)C(=O)c2cc(C)n(Cc3ccccc3)c2C)CC1. The number of aromatic nitrogens is 1. The van der Waals surface area contributed by atoms with Crippen LogP contribution in [0.3, 0.4) is 0 Å². The van der Waals surface area contributed by atoms with Gasteiger partial charge in [0.15, 0.2) is 0 Å². The lowest BCUT2D eigenvalue weighted by Gasteiger charge is -2.36. The number of hydrogen-bond donors (Lipinski definition) is 0. The smallest absolute Gasteiger partial charge is 0.255 e. The monoisotopic (exact) mass is 353 g/mol. The fourth-order valence-electron chi connectivity index (χ4n) is 4.01. The second-order valence-electron chi connectivity index (χ2n) is 7.44. The Bertz CT molecular complexity index is 742. The molecule has 1 aliphatic heterocycles. The molecule has 1 saturated heterocycles. The molecule has 0 bridgehead atoms. The van der Waals surface area contributed by atoms with E-state index in [0.29, 0.717) is 6.04 Å². The van der Waals surface area contributed by atoms with E-state index in [1.807, 2.05) is 18.0 Å². The highest BCUT2D eigenvalue weighted by atomic mass is 16.2. The molecule has 1 aromatic heterocycles. The highest BCUT2D eigenvalue weighted by molar-refractivity contribution is 5.95. The van der Waals surface area contributed by atoms with Crippen LogP contribution in [-0.2, 0) is 6.54 Å². The van der Waals surface area contributed by atoms with Crippen molar-refractivity contribution in [1.29, 1.82) is 0 Å². The fourth-order valence-corrected chi connectivity index (χ4v) is 4.01. The first kappa shape index (κ1) is 18.7. The fraction of sp³-hybridized carbons (Fsp3) is 0.500. The van der Waals surface area contributed by atoms with E-state index in [1.54, 1.807) is 0 Å². The minimum Gasteiger partial charge on any atom is -0.344 e. The van der Waals surface area contributed by atoms with Gasteiger partial charge in [0.05, 0.1) is 5.56 Å². The topological polar surface area (TPSA) is 28.5 Å². The molecule has 1 amide bonds. The Morgan fingerprint density at radius 3 is 2.42 bits per heavy atom. The molecule has 0 N–H and O–H groups in total. The van der Waals surface area contributed by atoms with E-state index in [9.17, 15) is 4.79 Å². The van der Waals surface area contributed by atoms with E-state index in [-0.39, 0.29) is 5.91 Å². The molecular weight excluding hydrogens is 322 g/mol. The number of carbonyl (C=O) groups is 1. The molecule has 4 heteroatoms. The van der Waals surface area contributed by atoms with Crippen molar-refractivity contribution in [3.8, 4) is 0 Å². The molecular formula is C22H31N3O. The van der Waals surface area contributed by atoms with Gasteiger partial charge in [-0.1, -0.05) is 37.3 Å². The summed E-state index contributed by atoms with van der Waals surface area (Å²) in [7, 11) is 1.97. The van der Waals surface area contributed by atoms with Crippen LogP contribution >= 0.6 is 0 Å². The van der Waals surface area contributed by atoms with Crippen molar-refractivity contribution in [3.05, 3.63) is 58.9 Å². The molecule has 1 aliphatic rings. The van der Waals surface area contributed by atoms with Crippen LogP contribution in [0, 0.1) is 13.8 Å². The minimum atomic E-state index is 0.160. The number of hydrogen-bond acceptors (Lipinski definition) is 2. The van der Waals surface area contributed by atoms with Gasteiger partial charge in [-0.2, -0.15) is 0 Å². The van der Waals surface area contributed by atoms with E-state index in [2.05, 4.69) is 60.6 Å². The lowest BCUT2D eigenvalue weighted by atomic mass is 10.0. The molecule has 0 aliphatic carbocycles. The van der Waals surface area contributed by atoms with Crippen LogP contribution in [0.25, 0.3) is 0 Å². The third-order valence-corrected chi connectivity index (χ3v) is 5.86. The lowest BCUT2D eigenvalue weighted by Crippen LogP contribution is -2.45. The average molecular weight is 354 g/mol. The summed E-state index contributed by atoms with van der Waals surface area (Å²) in [6.07, 6.45) is 2.14. The molecule has 1 fully saturated rings. The number of piperidine rings is 1. The molecule has 2 aromatic rings. The lowest BCUT2D eigenvalue weighted by molar-refractivity contribution is 0.0646. The zero-order chi connectivity index (χ0) is 18.7. The van der Waals surface area contributed by atoms with Gasteiger partial charge in [-0.05, 0) is 44.9 Å². The number of rotatable bonds is 5. The van der Waals surface area contributed by atoms with Crippen LogP contribution in [-0.4, -0.2) is 53.0 Å². The normalized spacial score (nSPS) is 16.0. The zero-order valence-electron chi connectivity index (χ0n) is 16.5. The first-order chi connectivity index (χ1) is 12.5. The van der Waals surface area contributed by atoms with Gasteiger partial charge in [0.2, 0.25) is 0 Å². The molecule has 0 atom stereocenters. The molecule has 0 radical (unpaired) electrons. The average Bonchev–Trinajstić information content (AvgIpc) is 2.96. The van der Waals surface area contributed by atoms with Gasteiger partial charge in [0.25, 0.3) is 5.91 Å². The summed E-state index contributed by atoms with van der Waals surface area (Å²) < 4.78 is 2.25. The van der Waals surface area contributed by atoms with E-state index < -0.39 is 0 Å². The van der Waals surface area contributed by atoms with Crippen LogP contribution in [0.15, 0.2) is 36.4 Å². The number of benzene rings is 1. The summed E-state index contributed by atoms with van der Waals surface area (Å²) in [6.45, 7) is 10.5. The van der Waals surface area contributed by atoms with E-state index in [1.165, 1.54) is 5.56 Å². The van der Waals surface area contributed by atoms with Crippen molar-refractivity contribution in [2.45, 2.75) is 46.2 Å². The van der Waals surface area contributed by atoms with Crippen LogP contribution in [0.5, 0.6) is 0 Å². The number of carbonyl (C=O) groups excluding carboxylic acids is 1. The highest BCUT2D eigenvalue weighted by Crippen LogP contribution is 2.22. The summed E-state index contributed by atoms with van der Waals surface area (Å²) >= 11 is 0. The highest BCUT2D eigenvalue weighted by Gasteiger charge is 2.27. The Morgan fingerprint density at radius 2 is 1.81 bits per heavy atom. The Balaban J connectivity index is 1.74. The standard InChI is InChI=1S/C22H31N3O/c1-5-24-13-11-20(12-14-24)23(4)22(26)21-15-17(2)25(18(21)3)16-19-9-7-6-8-10-19/h6-10,15,20H,5,11-14,16H2,1-4H3. The largest absolute Gasteiger partial charge is 0.344 e. The minimum absolute atomic E-state index is 0.160. The summed E-state index contributed by atoms with van der Waals surface area (Å²) in [6, 6.07) is 12.8.